The van der Waals surface area contributed by atoms with E-state index in [1.165, 1.54) is 8.99 Å². The third kappa shape index (κ3) is 2.87. The summed E-state index contributed by atoms with van der Waals surface area (Å²) >= 11 is 0. The third-order valence-corrected chi connectivity index (χ3v) is 6.05. The maximum Gasteiger partial charge on any atom is 0.261 e. The Morgan fingerprint density at radius 3 is 2.70 bits per heavy atom. The minimum Gasteiger partial charge on any atom is -0.255 e. The van der Waals surface area contributed by atoms with E-state index in [1.807, 2.05) is 30.3 Å². The van der Waals surface area contributed by atoms with Crippen LogP contribution < -0.4 is 0 Å². The summed E-state index contributed by atoms with van der Waals surface area (Å²) in [7, 11) is -2.11. The van der Waals surface area contributed by atoms with Gasteiger partial charge >= 0.3 is 0 Å². The van der Waals surface area contributed by atoms with Crippen LogP contribution in [0, 0.1) is 11.3 Å². The van der Waals surface area contributed by atoms with Crippen molar-refractivity contribution >= 4 is 10.0 Å². The number of hydrogen-bond donors (Lipinski definition) is 0. The van der Waals surface area contributed by atoms with Crippen molar-refractivity contribution in [2.24, 2.45) is 7.05 Å². The minimum atomic E-state index is -3.73. The molecule has 0 aliphatic carbocycles. The molecule has 0 bridgehead atoms. The van der Waals surface area contributed by atoms with Crippen molar-refractivity contribution in [2.45, 2.75) is 30.3 Å². The van der Waals surface area contributed by atoms with Crippen molar-refractivity contribution in [3.63, 3.8) is 0 Å². The molecule has 0 radical (unpaired) electrons. The van der Waals surface area contributed by atoms with Crippen LogP contribution in [0.3, 0.4) is 0 Å². The molecule has 1 atom stereocenters. The van der Waals surface area contributed by atoms with E-state index in [4.69, 9.17) is 0 Å². The van der Waals surface area contributed by atoms with E-state index < -0.39 is 16.1 Å². The number of hydrogen-bond acceptors (Lipinski definition) is 4. The maximum atomic E-state index is 12.9. The number of nitrogens with zero attached hydrogens (tertiary/aromatic N) is 4. The van der Waals surface area contributed by atoms with E-state index in [0.717, 1.165) is 18.4 Å². The molecule has 120 valence electrons. The summed E-state index contributed by atoms with van der Waals surface area (Å²) in [5, 5.41) is 13.7. The maximum absolute atomic E-state index is 12.9. The van der Waals surface area contributed by atoms with Crippen LogP contribution in [0.4, 0.5) is 0 Å². The van der Waals surface area contributed by atoms with Crippen LogP contribution in [0.5, 0.6) is 0 Å². The highest BCUT2D eigenvalue weighted by atomic mass is 32.2. The van der Waals surface area contributed by atoms with Crippen LogP contribution >= 0.6 is 0 Å². The van der Waals surface area contributed by atoms with Gasteiger partial charge < -0.3 is 0 Å². The van der Waals surface area contributed by atoms with Crippen LogP contribution in [0.2, 0.25) is 0 Å². The molecule has 23 heavy (non-hydrogen) atoms. The topological polar surface area (TPSA) is 79.0 Å². The largest absolute Gasteiger partial charge is 0.261 e. The minimum absolute atomic E-state index is 0.124. The highest BCUT2D eigenvalue weighted by Gasteiger charge is 2.35. The van der Waals surface area contributed by atoms with Crippen LogP contribution in [0.15, 0.2) is 41.4 Å². The number of piperidine rings is 1. The van der Waals surface area contributed by atoms with Gasteiger partial charge in [0.15, 0.2) is 5.03 Å². The Balaban J connectivity index is 2.01. The Labute approximate surface area is 136 Å². The van der Waals surface area contributed by atoms with Crippen molar-refractivity contribution in [3.8, 4) is 17.3 Å². The molecule has 1 fully saturated rings. The fraction of sp³-hybridized carbons (Fsp3) is 0.375. The zero-order valence-electron chi connectivity index (χ0n) is 12.9. The normalized spacial score (nSPS) is 19.4. The van der Waals surface area contributed by atoms with Gasteiger partial charge in [-0.1, -0.05) is 30.3 Å². The van der Waals surface area contributed by atoms with E-state index in [0.29, 0.717) is 18.7 Å². The molecule has 1 saturated heterocycles. The second kappa shape index (κ2) is 6.14. The van der Waals surface area contributed by atoms with Gasteiger partial charge in [0.2, 0.25) is 0 Å². The zero-order chi connectivity index (χ0) is 16.4. The quantitative estimate of drug-likeness (QED) is 0.864. The lowest BCUT2D eigenvalue weighted by Crippen LogP contribution is -2.43. The first-order chi connectivity index (χ1) is 11.0. The Hall–Kier alpha value is -2.17. The Kier molecular flexibility index (Phi) is 4.20. The molecule has 1 aliphatic rings. The van der Waals surface area contributed by atoms with Gasteiger partial charge in [-0.25, -0.2) is 8.42 Å². The molecular weight excluding hydrogens is 312 g/mol. The van der Waals surface area contributed by atoms with Crippen molar-refractivity contribution in [1.29, 1.82) is 5.26 Å². The smallest absolute Gasteiger partial charge is 0.255 e. The number of nitriles is 1. The first-order valence-electron chi connectivity index (χ1n) is 7.55. The van der Waals surface area contributed by atoms with Crippen molar-refractivity contribution in [1.82, 2.24) is 14.1 Å². The summed E-state index contributed by atoms with van der Waals surface area (Å²) in [6.45, 7) is 0.381. The Bertz CT molecular complexity index is 837. The monoisotopic (exact) mass is 330 g/mol. The molecular formula is C16H18N4O2S. The summed E-state index contributed by atoms with van der Waals surface area (Å²) in [5.74, 6) is 0. The first-order valence-corrected chi connectivity index (χ1v) is 8.99. The van der Waals surface area contributed by atoms with Gasteiger partial charge in [-0.15, -0.1) is 0 Å². The highest BCUT2D eigenvalue weighted by molar-refractivity contribution is 7.89. The second-order valence-electron chi connectivity index (χ2n) is 5.61. The molecule has 1 aromatic heterocycles. The molecule has 0 amide bonds. The van der Waals surface area contributed by atoms with E-state index in [-0.39, 0.29) is 5.03 Å². The molecule has 7 heteroatoms. The molecule has 6 nitrogen and oxygen atoms in total. The predicted molar refractivity (Wildman–Crippen MR) is 85.8 cm³/mol. The summed E-state index contributed by atoms with van der Waals surface area (Å²) in [6, 6.07) is 12.5. The second-order valence-corrected chi connectivity index (χ2v) is 7.45. The zero-order valence-corrected chi connectivity index (χ0v) is 13.7. The van der Waals surface area contributed by atoms with Gasteiger partial charge in [-0.05, 0) is 19.3 Å². The lowest BCUT2D eigenvalue weighted by Gasteiger charge is -2.30. The van der Waals surface area contributed by atoms with Crippen molar-refractivity contribution in [3.05, 3.63) is 36.4 Å². The third-order valence-electron chi connectivity index (χ3n) is 4.08. The molecule has 2 heterocycles. The Morgan fingerprint density at radius 2 is 2.00 bits per heavy atom. The van der Waals surface area contributed by atoms with E-state index in [1.54, 1.807) is 13.1 Å². The van der Waals surface area contributed by atoms with Crippen molar-refractivity contribution < 1.29 is 8.42 Å². The fourth-order valence-corrected chi connectivity index (χ4v) is 4.62. The van der Waals surface area contributed by atoms with Gasteiger partial charge in [0.25, 0.3) is 10.0 Å². The number of benzene rings is 1. The lowest BCUT2D eigenvalue weighted by atomic mass is 10.1. The molecule has 1 unspecified atom stereocenters. The summed E-state index contributed by atoms with van der Waals surface area (Å²) in [5.41, 5.74) is 1.47. The van der Waals surface area contributed by atoms with Crippen LogP contribution in [-0.2, 0) is 17.1 Å². The van der Waals surface area contributed by atoms with E-state index >= 15 is 0 Å². The van der Waals surface area contributed by atoms with Crippen LogP contribution in [0.1, 0.15) is 19.3 Å². The van der Waals surface area contributed by atoms with Crippen LogP contribution in [-0.4, -0.2) is 35.1 Å². The van der Waals surface area contributed by atoms with Gasteiger partial charge in [-0.3, -0.25) is 4.68 Å². The number of rotatable bonds is 3. The van der Waals surface area contributed by atoms with Gasteiger partial charge in [0.05, 0.1) is 11.8 Å². The van der Waals surface area contributed by atoms with Gasteiger partial charge in [-0.2, -0.15) is 14.7 Å². The average molecular weight is 330 g/mol. The van der Waals surface area contributed by atoms with E-state index in [2.05, 4.69) is 11.2 Å². The predicted octanol–water partition coefficient (Wildman–Crippen LogP) is 2.15. The number of sulfonamides is 1. The number of aromatic nitrogens is 2. The molecule has 3 rings (SSSR count). The molecule has 1 aromatic carbocycles. The average Bonchev–Trinajstić information content (AvgIpc) is 2.98. The summed E-state index contributed by atoms with van der Waals surface area (Å²) in [4.78, 5) is 0. The summed E-state index contributed by atoms with van der Waals surface area (Å²) < 4.78 is 28.6. The number of aryl methyl sites for hydroxylation is 1. The van der Waals surface area contributed by atoms with E-state index in [9.17, 15) is 13.7 Å². The van der Waals surface area contributed by atoms with Gasteiger partial charge in [0, 0.05) is 25.2 Å². The first kappa shape index (κ1) is 15.7. The lowest BCUT2D eigenvalue weighted by molar-refractivity contribution is 0.295. The molecule has 0 saturated carbocycles. The SMILES string of the molecule is Cn1nc(-c2ccccc2)cc1S(=O)(=O)N1CCCCC1C#N. The molecule has 0 spiro atoms. The highest BCUT2D eigenvalue weighted by Crippen LogP contribution is 2.27. The molecule has 0 N–H and O–H groups in total. The molecule has 2 aromatic rings. The summed E-state index contributed by atoms with van der Waals surface area (Å²) in [6.07, 6.45) is 2.24. The fourth-order valence-electron chi connectivity index (χ4n) is 2.88. The van der Waals surface area contributed by atoms with Crippen LogP contribution in [0.25, 0.3) is 11.3 Å². The van der Waals surface area contributed by atoms with Gasteiger partial charge in [0.1, 0.15) is 6.04 Å². The Morgan fingerprint density at radius 1 is 1.26 bits per heavy atom. The molecule has 1 aliphatic heterocycles. The standard InChI is InChI=1S/C16H18N4O2S/c1-19-16(11-15(18-19)13-7-3-2-4-8-13)23(21,22)20-10-6-5-9-14(20)12-17/h2-4,7-8,11,14H,5-6,9-10H2,1H3. The van der Waals surface area contributed by atoms with Crippen molar-refractivity contribution in [2.75, 3.05) is 6.54 Å².